The van der Waals surface area contributed by atoms with Gasteiger partial charge in [-0.05, 0) is 38.3 Å². The smallest absolute Gasteiger partial charge is 0.464 e. The van der Waals surface area contributed by atoms with Crippen LogP contribution in [0.2, 0.25) is 0 Å². The van der Waals surface area contributed by atoms with Crippen molar-refractivity contribution in [3.8, 4) is 6.07 Å². The average Bonchev–Trinajstić information content (AvgIpc) is 3.53. The van der Waals surface area contributed by atoms with Crippen molar-refractivity contribution < 1.29 is 37.9 Å². The molecular formula is C27H36BFN4O7. The lowest BCUT2D eigenvalue weighted by Gasteiger charge is -2.42. The summed E-state index contributed by atoms with van der Waals surface area (Å²) in [4.78, 5) is 29.4. The molecule has 2 aliphatic heterocycles. The molecule has 0 aliphatic carbocycles. The molecule has 0 bridgehead atoms. The summed E-state index contributed by atoms with van der Waals surface area (Å²) in [6.45, 7) is 6.02. The normalized spacial score (nSPS) is 21.6. The van der Waals surface area contributed by atoms with Gasteiger partial charge in [0.25, 0.3) is 0 Å². The number of carbonyl (C=O) groups is 2. The van der Waals surface area contributed by atoms with Crippen LogP contribution in [0.25, 0.3) is 11.0 Å². The summed E-state index contributed by atoms with van der Waals surface area (Å²) in [5.41, 5.74) is 0.854. The second-order valence-electron chi connectivity index (χ2n) is 11.0. The Morgan fingerprint density at radius 1 is 1.30 bits per heavy atom. The van der Waals surface area contributed by atoms with Gasteiger partial charge < -0.3 is 34.2 Å². The number of hydrogen-bond donors (Lipinski definition) is 3. The SMILES string of the molecule is CC(C)(CC(C#N)C(=O)N1C[C@@H](F)C[C@@H]1COC(=O)N[C@@H](Cc1coc2ccccc12)B(O)O)N1CCOCC1. The average molecular weight is 558 g/mol. The Hall–Kier alpha value is -3.18. The molecule has 4 rings (SSSR count). The molecule has 3 N–H and O–H groups in total. The maximum Gasteiger partial charge on any atom is 0.475 e. The number of hydrogen-bond acceptors (Lipinski definition) is 9. The molecule has 1 aromatic heterocycles. The van der Waals surface area contributed by atoms with Crippen molar-refractivity contribution >= 4 is 30.1 Å². The van der Waals surface area contributed by atoms with Gasteiger partial charge in [-0.2, -0.15) is 5.26 Å². The summed E-state index contributed by atoms with van der Waals surface area (Å²) < 4.78 is 30.6. The van der Waals surface area contributed by atoms with E-state index in [1.807, 2.05) is 32.0 Å². The largest absolute Gasteiger partial charge is 0.475 e. The van der Waals surface area contributed by atoms with Crippen LogP contribution in [0.1, 0.15) is 32.3 Å². The van der Waals surface area contributed by atoms with Gasteiger partial charge in [0, 0.05) is 30.4 Å². The molecule has 216 valence electrons. The summed E-state index contributed by atoms with van der Waals surface area (Å²) in [6, 6.07) is 8.58. The van der Waals surface area contributed by atoms with Gasteiger partial charge in [0.05, 0.1) is 44.1 Å². The molecule has 3 heterocycles. The molecular weight excluding hydrogens is 522 g/mol. The predicted molar refractivity (Wildman–Crippen MR) is 144 cm³/mol. The van der Waals surface area contributed by atoms with Crippen molar-refractivity contribution in [3.63, 3.8) is 0 Å². The fourth-order valence-electron chi connectivity index (χ4n) is 5.50. The van der Waals surface area contributed by atoms with Gasteiger partial charge >= 0.3 is 13.2 Å². The Labute approximate surface area is 232 Å². The van der Waals surface area contributed by atoms with Crippen molar-refractivity contribution in [1.82, 2.24) is 15.1 Å². The topological polar surface area (TPSA) is 148 Å². The van der Waals surface area contributed by atoms with Crippen molar-refractivity contribution in [2.75, 3.05) is 39.5 Å². The predicted octanol–water partition coefficient (Wildman–Crippen LogP) is 1.66. The number of fused-ring (bicyclic) bond motifs is 1. The number of nitrogens with one attached hydrogen (secondary N) is 1. The van der Waals surface area contributed by atoms with Crippen LogP contribution in [-0.4, -0.2) is 102 Å². The highest BCUT2D eigenvalue weighted by Gasteiger charge is 2.42. The number of para-hydroxylation sites is 1. The highest BCUT2D eigenvalue weighted by Crippen LogP contribution is 2.29. The molecule has 1 aromatic carbocycles. The number of likely N-dealkylation sites (tertiary alicyclic amines) is 1. The number of amides is 2. The second-order valence-corrected chi connectivity index (χ2v) is 11.0. The van der Waals surface area contributed by atoms with Gasteiger partial charge in [-0.3, -0.25) is 9.69 Å². The van der Waals surface area contributed by atoms with E-state index in [0.29, 0.717) is 37.4 Å². The molecule has 40 heavy (non-hydrogen) atoms. The Morgan fingerprint density at radius 2 is 2.02 bits per heavy atom. The molecule has 13 heteroatoms. The third kappa shape index (κ3) is 7.12. The number of nitrogens with zero attached hydrogens (tertiary/aromatic N) is 3. The van der Waals surface area contributed by atoms with Crippen LogP contribution < -0.4 is 5.32 Å². The van der Waals surface area contributed by atoms with Crippen LogP contribution in [0.15, 0.2) is 34.9 Å². The number of rotatable bonds is 10. The first-order valence-corrected chi connectivity index (χ1v) is 13.5. The second kappa shape index (κ2) is 13.0. The number of carbonyl (C=O) groups excluding carboxylic acids is 2. The Kier molecular flexibility index (Phi) is 9.68. The number of alkyl carbamates (subject to hydrolysis) is 1. The number of halogens is 1. The van der Waals surface area contributed by atoms with E-state index in [0.717, 1.165) is 5.39 Å². The summed E-state index contributed by atoms with van der Waals surface area (Å²) in [5, 5.41) is 32.7. The van der Waals surface area contributed by atoms with Crippen molar-refractivity contribution in [1.29, 1.82) is 5.26 Å². The lowest BCUT2D eigenvalue weighted by molar-refractivity contribution is -0.136. The summed E-state index contributed by atoms with van der Waals surface area (Å²) in [5.74, 6) is -2.58. The maximum absolute atomic E-state index is 14.4. The van der Waals surface area contributed by atoms with E-state index in [4.69, 9.17) is 13.9 Å². The zero-order valence-electron chi connectivity index (χ0n) is 22.8. The number of alkyl halides is 1. The van der Waals surface area contributed by atoms with E-state index in [-0.39, 0.29) is 32.4 Å². The maximum atomic E-state index is 14.4. The molecule has 2 aromatic rings. The third-order valence-corrected chi connectivity index (χ3v) is 7.74. The fraction of sp³-hybridized carbons (Fsp3) is 0.593. The van der Waals surface area contributed by atoms with Crippen molar-refractivity contribution in [3.05, 3.63) is 36.1 Å². The van der Waals surface area contributed by atoms with E-state index < -0.39 is 48.7 Å². The molecule has 0 radical (unpaired) electrons. The first-order valence-electron chi connectivity index (χ1n) is 13.5. The lowest BCUT2D eigenvalue weighted by Crippen LogP contribution is -2.52. The van der Waals surface area contributed by atoms with Crippen LogP contribution in [-0.2, 0) is 20.7 Å². The molecule has 2 fully saturated rings. The Balaban J connectivity index is 1.34. The zero-order valence-corrected chi connectivity index (χ0v) is 22.8. The molecule has 2 amide bonds. The Morgan fingerprint density at radius 3 is 2.73 bits per heavy atom. The van der Waals surface area contributed by atoms with Crippen molar-refractivity contribution in [2.45, 2.75) is 56.8 Å². The number of benzene rings is 1. The van der Waals surface area contributed by atoms with Crippen LogP contribution >= 0.6 is 0 Å². The molecule has 0 spiro atoms. The van der Waals surface area contributed by atoms with Crippen molar-refractivity contribution in [2.24, 2.45) is 5.92 Å². The minimum Gasteiger partial charge on any atom is -0.464 e. The number of nitriles is 1. The molecule has 4 atom stereocenters. The molecule has 2 aliphatic rings. The first kappa shape index (κ1) is 29.8. The van der Waals surface area contributed by atoms with E-state index in [2.05, 4.69) is 16.3 Å². The Bertz CT molecular complexity index is 1210. The van der Waals surface area contributed by atoms with Crippen LogP contribution in [0.5, 0.6) is 0 Å². The third-order valence-electron chi connectivity index (χ3n) is 7.74. The quantitative estimate of drug-likeness (QED) is 0.370. The van der Waals surface area contributed by atoms with Gasteiger partial charge in [-0.15, -0.1) is 0 Å². The lowest BCUT2D eigenvalue weighted by atomic mass is 9.76. The molecule has 1 unspecified atom stereocenters. The van der Waals surface area contributed by atoms with Gasteiger partial charge in [-0.25, -0.2) is 9.18 Å². The van der Waals surface area contributed by atoms with E-state index in [9.17, 15) is 29.3 Å². The minimum absolute atomic E-state index is 0.0307. The highest BCUT2D eigenvalue weighted by molar-refractivity contribution is 6.43. The summed E-state index contributed by atoms with van der Waals surface area (Å²) in [7, 11) is -1.88. The monoisotopic (exact) mass is 558 g/mol. The van der Waals surface area contributed by atoms with E-state index >= 15 is 0 Å². The van der Waals surface area contributed by atoms with E-state index in [1.54, 1.807) is 6.07 Å². The summed E-state index contributed by atoms with van der Waals surface area (Å²) in [6.07, 6.45) is -0.463. The number of ether oxygens (including phenoxy) is 2. The van der Waals surface area contributed by atoms with Gasteiger partial charge in [0.15, 0.2) is 0 Å². The minimum atomic E-state index is -1.88. The standard InChI is InChI=1S/C27H36BFN4O7/c1-27(2,32-7-9-38-10-8-32)13-19(14-30)25(34)33-15-20(29)12-21(33)17-40-26(35)31-24(28(36)37)11-18-16-39-23-6-4-3-5-22(18)23/h3-6,16,19-21,24,36-37H,7-13,15,17H2,1-2H3,(H,31,35)/t19?,20-,21+,24-/m0/s1. The first-order chi connectivity index (χ1) is 19.1. The fourth-order valence-corrected chi connectivity index (χ4v) is 5.50. The highest BCUT2D eigenvalue weighted by atomic mass is 19.1. The zero-order chi connectivity index (χ0) is 28.9. The summed E-state index contributed by atoms with van der Waals surface area (Å²) >= 11 is 0. The molecule has 2 saturated heterocycles. The van der Waals surface area contributed by atoms with Gasteiger partial charge in [0.1, 0.15) is 24.3 Å². The van der Waals surface area contributed by atoms with Crippen LogP contribution in [0.3, 0.4) is 0 Å². The van der Waals surface area contributed by atoms with Crippen LogP contribution in [0, 0.1) is 17.2 Å². The van der Waals surface area contributed by atoms with Gasteiger partial charge in [0.2, 0.25) is 5.91 Å². The number of furan rings is 1. The number of morpholine rings is 1. The molecule has 0 saturated carbocycles. The van der Waals surface area contributed by atoms with E-state index in [1.165, 1.54) is 11.2 Å². The molecule has 11 nitrogen and oxygen atoms in total. The van der Waals surface area contributed by atoms with Crippen LogP contribution in [0.4, 0.5) is 9.18 Å². The van der Waals surface area contributed by atoms with Gasteiger partial charge in [-0.1, -0.05) is 18.2 Å².